The Kier molecular flexibility index (Phi) is 5.05. The lowest BCUT2D eigenvalue weighted by molar-refractivity contribution is -0.150. The molecule has 2 fully saturated rings. The van der Waals surface area contributed by atoms with Gasteiger partial charge < -0.3 is 9.64 Å². The molecule has 2 heterocycles. The van der Waals surface area contributed by atoms with E-state index in [4.69, 9.17) is 4.74 Å². The van der Waals surface area contributed by atoms with E-state index in [-0.39, 0.29) is 17.8 Å². The Hall–Kier alpha value is -1.46. The molecule has 2 aliphatic rings. The van der Waals surface area contributed by atoms with E-state index in [9.17, 15) is 9.18 Å². The molecule has 0 spiro atoms. The number of carbonyl (C=O) groups excluding carboxylic acids is 1. The molecule has 0 N–H and O–H groups in total. The molecule has 120 valence electrons. The van der Waals surface area contributed by atoms with Crippen molar-refractivity contribution in [2.45, 2.75) is 31.9 Å². The second-order valence-corrected chi connectivity index (χ2v) is 6.11. The minimum Gasteiger partial charge on any atom is -0.366 e. The van der Waals surface area contributed by atoms with Crippen LogP contribution in [0.2, 0.25) is 0 Å². The third-order valence-electron chi connectivity index (χ3n) is 4.41. The fourth-order valence-corrected chi connectivity index (χ4v) is 3.16. The number of halogens is 1. The third-order valence-corrected chi connectivity index (χ3v) is 4.41. The van der Waals surface area contributed by atoms with E-state index in [2.05, 4.69) is 4.90 Å². The minimum atomic E-state index is -0.354. The van der Waals surface area contributed by atoms with E-state index in [1.54, 1.807) is 12.1 Å². The van der Waals surface area contributed by atoms with Gasteiger partial charge in [0.2, 0.25) is 0 Å². The lowest BCUT2D eigenvalue weighted by Crippen LogP contribution is -2.51. The highest BCUT2D eigenvalue weighted by atomic mass is 19.1. The summed E-state index contributed by atoms with van der Waals surface area (Å²) in [4.78, 5) is 16.7. The highest BCUT2D eigenvalue weighted by Crippen LogP contribution is 2.16. The van der Waals surface area contributed by atoms with Crippen LogP contribution in [0.25, 0.3) is 0 Å². The number of likely N-dealkylation sites (tertiary alicyclic amines) is 1. The lowest BCUT2D eigenvalue weighted by Gasteiger charge is -2.36. The smallest absolute Gasteiger partial charge is 0.253 e. The van der Waals surface area contributed by atoms with E-state index in [1.807, 2.05) is 4.90 Å². The summed E-state index contributed by atoms with van der Waals surface area (Å²) >= 11 is 0. The van der Waals surface area contributed by atoms with Gasteiger partial charge in [0.05, 0.1) is 6.61 Å². The monoisotopic (exact) mass is 306 g/mol. The predicted molar refractivity (Wildman–Crippen MR) is 81.8 cm³/mol. The van der Waals surface area contributed by atoms with Gasteiger partial charge >= 0.3 is 0 Å². The molecular weight excluding hydrogens is 283 g/mol. The molecule has 2 saturated heterocycles. The van der Waals surface area contributed by atoms with Crippen molar-refractivity contribution >= 4 is 5.91 Å². The van der Waals surface area contributed by atoms with Crippen LogP contribution in [0.5, 0.6) is 0 Å². The maximum Gasteiger partial charge on any atom is 0.253 e. The first-order valence-corrected chi connectivity index (χ1v) is 8.09. The molecule has 1 unspecified atom stereocenters. The molecule has 1 atom stereocenters. The zero-order chi connectivity index (χ0) is 15.4. The van der Waals surface area contributed by atoms with Crippen LogP contribution in [0.1, 0.15) is 24.8 Å². The molecule has 22 heavy (non-hydrogen) atoms. The van der Waals surface area contributed by atoms with Gasteiger partial charge in [0.1, 0.15) is 11.9 Å². The fraction of sp³-hybridized carbons (Fsp3) is 0.588. The maximum absolute atomic E-state index is 13.0. The number of hydrogen-bond acceptors (Lipinski definition) is 3. The zero-order valence-electron chi connectivity index (χ0n) is 12.8. The Balaban J connectivity index is 1.56. The van der Waals surface area contributed by atoms with Gasteiger partial charge in [0.15, 0.2) is 0 Å². The second kappa shape index (κ2) is 7.20. The van der Waals surface area contributed by atoms with Crippen LogP contribution < -0.4 is 0 Å². The maximum atomic E-state index is 13.0. The second-order valence-electron chi connectivity index (χ2n) is 6.11. The summed E-state index contributed by atoms with van der Waals surface area (Å²) in [5, 5.41) is 0. The molecular formula is C17H23FN2O2. The Morgan fingerprint density at radius 3 is 2.59 bits per heavy atom. The number of morpholine rings is 1. The van der Waals surface area contributed by atoms with Gasteiger partial charge in [-0.3, -0.25) is 9.69 Å². The first kappa shape index (κ1) is 15.4. The highest BCUT2D eigenvalue weighted by molar-refractivity contribution is 5.81. The molecule has 0 aromatic heterocycles. The Morgan fingerprint density at radius 1 is 1.14 bits per heavy atom. The molecule has 1 aromatic rings. The molecule has 1 aromatic carbocycles. The Labute approximate surface area is 130 Å². The third kappa shape index (κ3) is 3.84. The van der Waals surface area contributed by atoms with Crippen molar-refractivity contribution in [2.75, 3.05) is 32.8 Å². The topological polar surface area (TPSA) is 32.8 Å². The van der Waals surface area contributed by atoms with Gasteiger partial charge in [0.25, 0.3) is 5.91 Å². The summed E-state index contributed by atoms with van der Waals surface area (Å²) in [5.74, 6) is -0.0904. The van der Waals surface area contributed by atoms with Gasteiger partial charge in [0, 0.05) is 32.7 Å². The summed E-state index contributed by atoms with van der Waals surface area (Å²) < 4.78 is 18.6. The largest absolute Gasteiger partial charge is 0.366 e. The summed E-state index contributed by atoms with van der Waals surface area (Å²) in [6.07, 6.45) is 3.05. The molecule has 4 nitrogen and oxygen atoms in total. The van der Waals surface area contributed by atoms with Gasteiger partial charge in [-0.1, -0.05) is 12.1 Å². The van der Waals surface area contributed by atoms with Crippen molar-refractivity contribution in [3.05, 3.63) is 35.6 Å². The van der Waals surface area contributed by atoms with Crippen LogP contribution in [-0.4, -0.2) is 54.6 Å². The van der Waals surface area contributed by atoms with Crippen molar-refractivity contribution < 1.29 is 13.9 Å². The van der Waals surface area contributed by atoms with Crippen LogP contribution in [0.3, 0.4) is 0 Å². The molecule has 2 aliphatic heterocycles. The summed E-state index contributed by atoms with van der Waals surface area (Å²) in [6.45, 7) is 4.44. The Bertz CT molecular complexity index is 500. The van der Waals surface area contributed by atoms with Crippen LogP contribution >= 0.6 is 0 Å². The number of piperidine rings is 1. The normalized spacial score (nSPS) is 23.5. The first-order valence-electron chi connectivity index (χ1n) is 8.09. The number of carbonyl (C=O) groups is 1. The van der Waals surface area contributed by atoms with E-state index in [1.165, 1.54) is 18.6 Å². The van der Waals surface area contributed by atoms with E-state index in [0.29, 0.717) is 13.2 Å². The van der Waals surface area contributed by atoms with Gasteiger partial charge in [-0.2, -0.15) is 0 Å². The number of ether oxygens (including phenoxy) is 1. The van der Waals surface area contributed by atoms with E-state index >= 15 is 0 Å². The van der Waals surface area contributed by atoms with Crippen molar-refractivity contribution in [3.8, 4) is 0 Å². The Morgan fingerprint density at radius 2 is 1.86 bits per heavy atom. The molecule has 0 bridgehead atoms. The standard InChI is InChI=1S/C17H23FN2O2/c18-15-6-4-14(5-7-15)12-19-10-11-22-16(13-19)17(21)20-8-2-1-3-9-20/h4-7,16H,1-3,8-13H2. The highest BCUT2D eigenvalue weighted by Gasteiger charge is 2.30. The van der Waals surface area contributed by atoms with Crippen molar-refractivity contribution in [1.82, 2.24) is 9.80 Å². The predicted octanol–water partition coefficient (Wildman–Crippen LogP) is 2.04. The number of amides is 1. The summed E-state index contributed by atoms with van der Waals surface area (Å²) in [5.41, 5.74) is 1.06. The average molecular weight is 306 g/mol. The number of benzene rings is 1. The SMILES string of the molecule is O=C(C1CN(Cc2ccc(F)cc2)CCO1)N1CCCCC1. The average Bonchev–Trinajstić information content (AvgIpc) is 2.57. The van der Waals surface area contributed by atoms with Crippen LogP contribution in [0.4, 0.5) is 4.39 Å². The van der Waals surface area contributed by atoms with E-state index < -0.39 is 0 Å². The zero-order valence-corrected chi connectivity index (χ0v) is 12.8. The number of hydrogen-bond donors (Lipinski definition) is 0. The molecule has 0 radical (unpaired) electrons. The van der Waals surface area contributed by atoms with Crippen molar-refractivity contribution in [2.24, 2.45) is 0 Å². The fourth-order valence-electron chi connectivity index (χ4n) is 3.16. The van der Waals surface area contributed by atoms with Crippen molar-refractivity contribution in [1.29, 1.82) is 0 Å². The summed E-state index contributed by atoms with van der Waals surface area (Å²) in [6, 6.07) is 6.55. The molecule has 0 aliphatic carbocycles. The molecule has 1 amide bonds. The van der Waals surface area contributed by atoms with E-state index in [0.717, 1.165) is 44.6 Å². The number of nitrogens with zero attached hydrogens (tertiary/aromatic N) is 2. The van der Waals surface area contributed by atoms with Crippen LogP contribution in [0, 0.1) is 5.82 Å². The van der Waals surface area contributed by atoms with Crippen LogP contribution in [0.15, 0.2) is 24.3 Å². The molecule has 5 heteroatoms. The minimum absolute atomic E-state index is 0.128. The van der Waals surface area contributed by atoms with Crippen LogP contribution in [-0.2, 0) is 16.1 Å². The quantitative estimate of drug-likeness (QED) is 0.857. The van der Waals surface area contributed by atoms with Gasteiger partial charge in [-0.05, 0) is 37.0 Å². The van der Waals surface area contributed by atoms with Crippen molar-refractivity contribution in [3.63, 3.8) is 0 Å². The number of rotatable bonds is 3. The molecule has 0 saturated carbocycles. The van der Waals surface area contributed by atoms with Gasteiger partial charge in [-0.15, -0.1) is 0 Å². The first-order chi connectivity index (χ1) is 10.7. The van der Waals surface area contributed by atoms with Gasteiger partial charge in [-0.25, -0.2) is 4.39 Å². The molecule has 3 rings (SSSR count). The lowest BCUT2D eigenvalue weighted by atomic mass is 10.1. The summed E-state index contributed by atoms with van der Waals surface area (Å²) in [7, 11) is 0.